The van der Waals surface area contributed by atoms with Gasteiger partial charge < -0.3 is 10.2 Å². The highest BCUT2D eigenvalue weighted by molar-refractivity contribution is 5.76. The summed E-state index contributed by atoms with van der Waals surface area (Å²) in [4.78, 5) is 4.65. The van der Waals surface area contributed by atoms with E-state index in [0.717, 1.165) is 35.5 Å². The van der Waals surface area contributed by atoms with Gasteiger partial charge in [-0.25, -0.2) is 4.98 Å². The van der Waals surface area contributed by atoms with E-state index in [4.69, 9.17) is 10.2 Å². The average Bonchev–Trinajstić information content (AvgIpc) is 2.89. The topological polar surface area (TPSA) is 52.0 Å². The number of nitrogen functional groups attached to an aromatic ring is 1. The molecule has 0 radical (unpaired) electrons. The Morgan fingerprint density at radius 3 is 3.00 bits per heavy atom. The number of hydrogen-bond acceptors (Lipinski definition) is 3. The standard InChI is InChI=1S/C17H16N2O/c18-12-8-9-16-15(10-12)19-17(20-16)14-7-3-5-11-4-1-2-6-13(11)14/h1-2,4,6,8-10,14H,3,5,7,18H2. The lowest BCUT2D eigenvalue weighted by atomic mass is 9.83. The highest BCUT2D eigenvalue weighted by Crippen LogP contribution is 2.37. The maximum Gasteiger partial charge on any atom is 0.203 e. The van der Waals surface area contributed by atoms with Crippen LogP contribution in [0.15, 0.2) is 46.9 Å². The predicted molar refractivity (Wildman–Crippen MR) is 79.6 cm³/mol. The smallest absolute Gasteiger partial charge is 0.203 e. The first-order chi connectivity index (χ1) is 9.81. The van der Waals surface area contributed by atoms with E-state index in [0.29, 0.717) is 0 Å². The Balaban J connectivity index is 1.84. The van der Waals surface area contributed by atoms with Crippen LogP contribution in [0.1, 0.15) is 35.8 Å². The summed E-state index contributed by atoms with van der Waals surface area (Å²) in [6, 6.07) is 14.2. The Hall–Kier alpha value is -2.29. The molecule has 0 saturated heterocycles. The number of nitrogens with zero attached hydrogens (tertiary/aromatic N) is 1. The van der Waals surface area contributed by atoms with Crippen LogP contribution in [0.5, 0.6) is 0 Å². The minimum Gasteiger partial charge on any atom is -0.440 e. The molecule has 2 aromatic carbocycles. The van der Waals surface area contributed by atoms with Crippen LogP contribution in [0.25, 0.3) is 11.1 Å². The van der Waals surface area contributed by atoms with Crippen LogP contribution in [0.2, 0.25) is 0 Å². The molecular weight excluding hydrogens is 248 g/mol. The van der Waals surface area contributed by atoms with Crippen molar-refractivity contribution in [3.63, 3.8) is 0 Å². The normalized spacial score (nSPS) is 18.1. The average molecular weight is 264 g/mol. The van der Waals surface area contributed by atoms with Gasteiger partial charge in [-0.3, -0.25) is 0 Å². The van der Waals surface area contributed by atoms with Gasteiger partial charge in [0.2, 0.25) is 5.89 Å². The third-order valence-corrected chi connectivity index (χ3v) is 4.10. The van der Waals surface area contributed by atoms with Crippen molar-refractivity contribution in [1.29, 1.82) is 0 Å². The summed E-state index contributed by atoms with van der Waals surface area (Å²) in [5, 5.41) is 0. The summed E-state index contributed by atoms with van der Waals surface area (Å²) in [6.45, 7) is 0. The molecule has 100 valence electrons. The highest BCUT2D eigenvalue weighted by Gasteiger charge is 2.25. The van der Waals surface area contributed by atoms with Gasteiger partial charge in [-0.15, -0.1) is 0 Å². The molecule has 20 heavy (non-hydrogen) atoms. The zero-order chi connectivity index (χ0) is 13.5. The number of fused-ring (bicyclic) bond motifs is 2. The fourth-order valence-corrected chi connectivity index (χ4v) is 3.12. The van der Waals surface area contributed by atoms with Crippen molar-refractivity contribution in [3.8, 4) is 0 Å². The lowest BCUT2D eigenvalue weighted by Gasteiger charge is -2.22. The van der Waals surface area contributed by atoms with Gasteiger partial charge >= 0.3 is 0 Å². The van der Waals surface area contributed by atoms with Crippen molar-refractivity contribution in [1.82, 2.24) is 4.98 Å². The molecule has 0 saturated carbocycles. The predicted octanol–water partition coefficient (Wildman–Crippen LogP) is 3.88. The largest absolute Gasteiger partial charge is 0.440 e. The minimum atomic E-state index is 0.272. The summed E-state index contributed by atoms with van der Waals surface area (Å²) >= 11 is 0. The van der Waals surface area contributed by atoms with E-state index < -0.39 is 0 Å². The van der Waals surface area contributed by atoms with Crippen molar-refractivity contribution < 1.29 is 4.42 Å². The number of aromatic nitrogens is 1. The highest BCUT2D eigenvalue weighted by atomic mass is 16.3. The molecule has 1 aliphatic carbocycles. The number of rotatable bonds is 1. The zero-order valence-corrected chi connectivity index (χ0v) is 11.2. The molecule has 1 atom stereocenters. The van der Waals surface area contributed by atoms with Crippen LogP contribution in [0.4, 0.5) is 5.69 Å². The molecule has 0 amide bonds. The maximum atomic E-state index is 5.95. The molecule has 3 heteroatoms. The molecule has 1 heterocycles. The van der Waals surface area contributed by atoms with Crippen molar-refractivity contribution >= 4 is 16.8 Å². The summed E-state index contributed by atoms with van der Waals surface area (Å²) in [6.07, 6.45) is 3.43. The molecule has 4 rings (SSSR count). The van der Waals surface area contributed by atoms with Crippen LogP contribution in [0, 0.1) is 0 Å². The fourth-order valence-electron chi connectivity index (χ4n) is 3.12. The number of aryl methyl sites for hydroxylation is 1. The molecule has 1 aromatic heterocycles. The number of anilines is 1. The summed E-state index contributed by atoms with van der Waals surface area (Å²) < 4.78 is 5.95. The summed E-state index contributed by atoms with van der Waals surface area (Å²) in [5.41, 5.74) is 11.0. The van der Waals surface area contributed by atoms with Crippen molar-refractivity contribution in [3.05, 3.63) is 59.5 Å². The Morgan fingerprint density at radius 1 is 1.15 bits per heavy atom. The second kappa shape index (κ2) is 4.37. The van der Waals surface area contributed by atoms with E-state index in [1.54, 1.807) is 0 Å². The lowest BCUT2D eigenvalue weighted by molar-refractivity contribution is 0.464. The first-order valence-electron chi connectivity index (χ1n) is 7.05. The van der Waals surface area contributed by atoms with Crippen molar-refractivity contribution in [2.45, 2.75) is 25.2 Å². The van der Waals surface area contributed by atoms with Gasteiger partial charge in [0.25, 0.3) is 0 Å². The van der Waals surface area contributed by atoms with Gasteiger partial charge in [0.1, 0.15) is 5.52 Å². The quantitative estimate of drug-likeness (QED) is 0.679. The van der Waals surface area contributed by atoms with E-state index in [-0.39, 0.29) is 5.92 Å². The summed E-state index contributed by atoms with van der Waals surface area (Å²) in [7, 11) is 0. The van der Waals surface area contributed by atoms with Gasteiger partial charge in [-0.05, 0) is 48.6 Å². The second-order valence-corrected chi connectivity index (χ2v) is 5.42. The Morgan fingerprint density at radius 2 is 2.05 bits per heavy atom. The Bertz CT molecular complexity index is 776. The molecule has 3 nitrogen and oxygen atoms in total. The molecule has 0 spiro atoms. The van der Waals surface area contributed by atoms with Crippen LogP contribution >= 0.6 is 0 Å². The van der Waals surface area contributed by atoms with Crippen LogP contribution < -0.4 is 5.73 Å². The third kappa shape index (κ3) is 1.78. The van der Waals surface area contributed by atoms with Gasteiger partial charge in [0, 0.05) is 5.69 Å². The molecule has 1 aliphatic rings. The van der Waals surface area contributed by atoms with E-state index >= 15 is 0 Å². The van der Waals surface area contributed by atoms with Gasteiger partial charge in [-0.1, -0.05) is 24.3 Å². The molecule has 2 N–H and O–H groups in total. The zero-order valence-electron chi connectivity index (χ0n) is 11.2. The molecule has 0 bridgehead atoms. The van der Waals surface area contributed by atoms with E-state index in [1.165, 1.54) is 17.5 Å². The number of benzene rings is 2. The Kier molecular flexibility index (Phi) is 2.52. The Labute approximate surface area is 117 Å². The first kappa shape index (κ1) is 11.5. The van der Waals surface area contributed by atoms with Crippen LogP contribution in [0.3, 0.4) is 0 Å². The van der Waals surface area contributed by atoms with E-state index in [1.807, 2.05) is 18.2 Å². The number of nitrogens with two attached hydrogens (primary N) is 1. The maximum absolute atomic E-state index is 5.95. The lowest BCUT2D eigenvalue weighted by Crippen LogP contribution is -2.11. The van der Waals surface area contributed by atoms with Gasteiger partial charge in [0.15, 0.2) is 5.58 Å². The SMILES string of the molecule is Nc1ccc2oc(C3CCCc4ccccc43)nc2c1. The van der Waals surface area contributed by atoms with Gasteiger partial charge in [-0.2, -0.15) is 0 Å². The van der Waals surface area contributed by atoms with Gasteiger partial charge in [0.05, 0.1) is 5.92 Å². The minimum absolute atomic E-state index is 0.272. The monoisotopic (exact) mass is 264 g/mol. The van der Waals surface area contributed by atoms with Crippen LogP contribution in [-0.4, -0.2) is 4.98 Å². The van der Waals surface area contributed by atoms with Crippen molar-refractivity contribution in [2.75, 3.05) is 5.73 Å². The number of hydrogen-bond donors (Lipinski definition) is 1. The second-order valence-electron chi connectivity index (χ2n) is 5.42. The van der Waals surface area contributed by atoms with E-state index in [9.17, 15) is 0 Å². The molecule has 3 aromatic rings. The molecule has 0 aliphatic heterocycles. The van der Waals surface area contributed by atoms with Crippen molar-refractivity contribution in [2.24, 2.45) is 0 Å². The fraction of sp³-hybridized carbons (Fsp3) is 0.235. The summed E-state index contributed by atoms with van der Waals surface area (Å²) in [5.74, 6) is 1.09. The molecular formula is C17H16N2O. The molecule has 0 fully saturated rings. The third-order valence-electron chi connectivity index (χ3n) is 4.10. The molecule has 1 unspecified atom stereocenters. The van der Waals surface area contributed by atoms with E-state index in [2.05, 4.69) is 29.2 Å². The van der Waals surface area contributed by atoms with Crippen LogP contribution in [-0.2, 0) is 6.42 Å². The first-order valence-corrected chi connectivity index (χ1v) is 7.05. The number of oxazole rings is 1.